The molecule has 0 aliphatic rings. The van der Waals surface area contributed by atoms with Gasteiger partial charge < -0.3 is 5.73 Å². The Bertz CT molecular complexity index is 556. The number of benzene rings is 1. The Labute approximate surface area is 102 Å². The van der Waals surface area contributed by atoms with Crippen molar-refractivity contribution in [1.29, 1.82) is 0 Å². The van der Waals surface area contributed by atoms with Gasteiger partial charge in [-0.15, -0.1) is 0 Å². The number of hydrogen-bond donors (Lipinski definition) is 1. The molecule has 17 heavy (non-hydrogen) atoms. The number of nitrogen functional groups attached to an aromatic ring is 1. The zero-order chi connectivity index (χ0) is 12.7. The third-order valence-corrected chi connectivity index (χ3v) is 3.23. The van der Waals surface area contributed by atoms with Crippen LogP contribution in [-0.2, 0) is 7.05 Å². The third-order valence-electron chi connectivity index (χ3n) is 3.23. The monoisotopic (exact) mass is 229 g/mol. The predicted molar refractivity (Wildman–Crippen MR) is 72.0 cm³/mol. The summed E-state index contributed by atoms with van der Waals surface area (Å²) in [5.41, 5.74) is 13.1. The van der Waals surface area contributed by atoms with Gasteiger partial charge in [-0.05, 0) is 38.8 Å². The molecule has 0 spiro atoms. The molecule has 3 nitrogen and oxygen atoms in total. The molecule has 0 atom stereocenters. The van der Waals surface area contributed by atoms with Crippen LogP contribution in [0.4, 0.5) is 5.82 Å². The molecular weight excluding hydrogens is 210 g/mol. The van der Waals surface area contributed by atoms with Crippen molar-refractivity contribution < 1.29 is 0 Å². The first-order chi connectivity index (χ1) is 7.91. The van der Waals surface area contributed by atoms with Crippen LogP contribution in [0.15, 0.2) is 12.1 Å². The van der Waals surface area contributed by atoms with Crippen LogP contribution in [0.3, 0.4) is 0 Å². The number of aryl methyl sites for hydroxylation is 4. The zero-order valence-electron chi connectivity index (χ0n) is 11.1. The van der Waals surface area contributed by atoms with Gasteiger partial charge in [-0.1, -0.05) is 17.7 Å². The van der Waals surface area contributed by atoms with Crippen LogP contribution < -0.4 is 5.73 Å². The molecule has 0 bridgehead atoms. The standard InChI is InChI=1S/C14H19N3/c1-8-6-9(2)12(10(3)7-8)13-11(4)14(15)16-17(13)5/h6-7H,1-5H3,(H2,15,16). The summed E-state index contributed by atoms with van der Waals surface area (Å²) in [7, 11) is 1.94. The van der Waals surface area contributed by atoms with Crippen molar-refractivity contribution in [3.63, 3.8) is 0 Å². The number of anilines is 1. The fourth-order valence-corrected chi connectivity index (χ4v) is 2.55. The van der Waals surface area contributed by atoms with E-state index < -0.39 is 0 Å². The maximum atomic E-state index is 5.88. The minimum atomic E-state index is 0.613. The SMILES string of the molecule is Cc1cc(C)c(-c2c(C)c(N)nn2C)c(C)c1. The van der Waals surface area contributed by atoms with Gasteiger partial charge in [0, 0.05) is 18.2 Å². The summed E-state index contributed by atoms with van der Waals surface area (Å²) in [5.74, 6) is 0.613. The molecule has 1 aromatic heterocycles. The molecule has 0 amide bonds. The first-order valence-electron chi connectivity index (χ1n) is 5.79. The first kappa shape index (κ1) is 11.7. The molecule has 0 radical (unpaired) electrons. The molecule has 0 fully saturated rings. The lowest BCUT2D eigenvalue weighted by Crippen LogP contribution is -1.99. The van der Waals surface area contributed by atoms with Crippen molar-refractivity contribution in [3.05, 3.63) is 34.4 Å². The van der Waals surface area contributed by atoms with E-state index in [0.717, 1.165) is 11.3 Å². The van der Waals surface area contributed by atoms with Crippen LogP contribution >= 0.6 is 0 Å². The predicted octanol–water partition coefficient (Wildman–Crippen LogP) is 2.90. The minimum Gasteiger partial charge on any atom is -0.382 e. The van der Waals surface area contributed by atoms with Gasteiger partial charge >= 0.3 is 0 Å². The van der Waals surface area contributed by atoms with Gasteiger partial charge in [0.05, 0.1) is 5.69 Å². The van der Waals surface area contributed by atoms with E-state index in [1.165, 1.54) is 22.3 Å². The number of nitrogens with two attached hydrogens (primary N) is 1. The molecule has 0 saturated carbocycles. The summed E-state index contributed by atoms with van der Waals surface area (Å²) in [5, 5.41) is 4.29. The van der Waals surface area contributed by atoms with E-state index in [1.54, 1.807) is 0 Å². The van der Waals surface area contributed by atoms with Gasteiger partial charge in [-0.2, -0.15) is 5.10 Å². The Morgan fingerprint density at radius 1 is 1.06 bits per heavy atom. The molecule has 90 valence electrons. The number of rotatable bonds is 1. The Morgan fingerprint density at radius 3 is 2.00 bits per heavy atom. The largest absolute Gasteiger partial charge is 0.382 e. The van der Waals surface area contributed by atoms with Crippen molar-refractivity contribution in [3.8, 4) is 11.3 Å². The highest BCUT2D eigenvalue weighted by atomic mass is 15.3. The van der Waals surface area contributed by atoms with E-state index in [1.807, 2.05) is 18.7 Å². The van der Waals surface area contributed by atoms with Crippen molar-refractivity contribution in [1.82, 2.24) is 9.78 Å². The normalized spacial score (nSPS) is 10.9. The summed E-state index contributed by atoms with van der Waals surface area (Å²) in [4.78, 5) is 0. The lowest BCUT2D eigenvalue weighted by molar-refractivity contribution is 0.779. The second-order valence-corrected chi connectivity index (χ2v) is 4.76. The summed E-state index contributed by atoms with van der Waals surface area (Å²) in [6.45, 7) is 8.42. The van der Waals surface area contributed by atoms with E-state index >= 15 is 0 Å². The summed E-state index contributed by atoms with van der Waals surface area (Å²) >= 11 is 0. The zero-order valence-corrected chi connectivity index (χ0v) is 11.1. The number of hydrogen-bond acceptors (Lipinski definition) is 2. The highest BCUT2D eigenvalue weighted by molar-refractivity contribution is 5.74. The van der Waals surface area contributed by atoms with Crippen molar-refractivity contribution >= 4 is 5.82 Å². The average molecular weight is 229 g/mol. The summed E-state index contributed by atoms with van der Waals surface area (Å²) in [6, 6.07) is 4.40. The Kier molecular flexibility index (Phi) is 2.69. The molecular formula is C14H19N3. The Morgan fingerprint density at radius 2 is 1.59 bits per heavy atom. The molecule has 0 aliphatic heterocycles. The second-order valence-electron chi connectivity index (χ2n) is 4.76. The minimum absolute atomic E-state index is 0.613. The van der Waals surface area contributed by atoms with E-state index in [2.05, 4.69) is 38.0 Å². The average Bonchev–Trinajstić information content (AvgIpc) is 2.43. The van der Waals surface area contributed by atoms with Gasteiger partial charge in [0.15, 0.2) is 0 Å². The van der Waals surface area contributed by atoms with Crippen LogP contribution in [0.5, 0.6) is 0 Å². The van der Waals surface area contributed by atoms with Gasteiger partial charge in [0.2, 0.25) is 0 Å². The topological polar surface area (TPSA) is 43.8 Å². The Balaban J connectivity index is 2.77. The quantitative estimate of drug-likeness (QED) is 0.817. The lowest BCUT2D eigenvalue weighted by Gasteiger charge is -2.12. The molecule has 2 N–H and O–H groups in total. The molecule has 2 aromatic rings. The van der Waals surface area contributed by atoms with Gasteiger partial charge in [0.1, 0.15) is 5.82 Å². The fraction of sp³-hybridized carbons (Fsp3) is 0.357. The molecule has 1 heterocycles. The van der Waals surface area contributed by atoms with Crippen LogP contribution in [-0.4, -0.2) is 9.78 Å². The third kappa shape index (κ3) is 1.82. The fourth-order valence-electron chi connectivity index (χ4n) is 2.55. The van der Waals surface area contributed by atoms with E-state index in [-0.39, 0.29) is 0 Å². The number of aromatic nitrogens is 2. The van der Waals surface area contributed by atoms with Gasteiger partial charge in [-0.25, -0.2) is 0 Å². The van der Waals surface area contributed by atoms with Crippen LogP contribution in [0.25, 0.3) is 11.3 Å². The van der Waals surface area contributed by atoms with Gasteiger partial charge in [0.25, 0.3) is 0 Å². The maximum absolute atomic E-state index is 5.88. The van der Waals surface area contributed by atoms with Crippen LogP contribution in [0.1, 0.15) is 22.3 Å². The maximum Gasteiger partial charge on any atom is 0.148 e. The Hall–Kier alpha value is -1.77. The molecule has 0 unspecified atom stereocenters. The number of nitrogens with zero attached hydrogens (tertiary/aromatic N) is 2. The summed E-state index contributed by atoms with van der Waals surface area (Å²) in [6.07, 6.45) is 0. The van der Waals surface area contributed by atoms with E-state index in [4.69, 9.17) is 5.73 Å². The highest BCUT2D eigenvalue weighted by Gasteiger charge is 2.15. The van der Waals surface area contributed by atoms with Crippen LogP contribution in [0.2, 0.25) is 0 Å². The van der Waals surface area contributed by atoms with Crippen molar-refractivity contribution in [2.45, 2.75) is 27.7 Å². The lowest BCUT2D eigenvalue weighted by atomic mass is 9.95. The first-order valence-corrected chi connectivity index (χ1v) is 5.79. The van der Waals surface area contributed by atoms with Gasteiger partial charge in [-0.3, -0.25) is 4.68 Å². The van der Waals surface area contributed by atoms with Crippen molar-refractivity contribution in [2.24, 2.45) is 7.05 Å². The molecule has 0 saturated heterocycles. The van der Waals surface area contributed by atoms with E-state index in [9.17, 15) is 0 Å². The second kappa shape index (κ2) is 3.91. The molecule has 2 rings (SSSR count). The molecule has 3 heteroatoms. The van der Waals surface area contributed by atoms with Crippen LogP contribution in [0, 0.1) is 27.7 Å². The summed E-state index contributed by atoms with van der Waals surface area (Å²) < 4.78 is 1.87. The molecule has 1 aromatic carbocycles. The highest BCUT2D eigenvalue weighted by Crippen LogP contribution is 2.32. The van der Waals surface area contributed by atoms with Crippen molar-refractivity contribution in [2.75, 3.05) is 5.73 Å². The smallest absolute Gasteiger partial charge is 0.148 e. The van der Waals surface area contributed by atoms with E-state index in [0.29, 0.717) is 5.82 Å². The molecule has 0 aliphatic carbocycles.